The molecule has 12 heterocycles. The molecule has 3 aliphatic heterocycles. The van der Waals surface area contributed by atoms with E-state index in [0.717, 1.165) is 122 Å². The third-order valence-electron chi connectivity index (χ3n) is 24.3. The number of aromatic nitrogens is 12. The Bertz CT molecular complexity index is 5430. The third kappa shape index (κ3) is 16.0. The highest BCUT2D eigenvalue weighted by molar-refractivity contribution is 6.08. The lowest BCUT2D eigenvalue weighted by atomic mass is 9.87. The smallest absolute Gasteiger partial charge is 0.251 e. The molecule has 0 spiro atoms. The van der Waals surface area contributed by atoms with Crippen molar-refractivity contribution in [2.75, 3.05) is 75.9 Å². The Morgan fingerprint density at radius 2 is 0.750 bits per heavy atom. The van der Waals surface area contributed by atoms with Gasteiger partial charge in [-0.1, -0.05) is 107 Å². The molecule has 0 bridgehead atoms. The molecule has 0 saturated heterocycles. The van der Waals surface area contributed by atoms with Gasteiger partial charge in [0, 0.05) is 145 Å². The summed E-state index contributed by atoms with van der Waals surface area (Å²) in [7, 11) is 3.84. The van der Waals surface area contributed by atoms with Gasteiger partial charge in [-0.15, -0.1) is 0 Å². The highest BCUT2D eigenvalue weighted by Gasteiger charge is 2.32. The number of benzene rings is 3. The Kier molecular flexibility index (Phi) is 22.3. The van der Waals surface area contributed by atoms with Gasteiger partial charge < -0.3 is 54.4 Å². The van der Waals surface area contributed by atoms with Crippen LogP contribution in [0, 0.1) is 17.8 Å². The first kappa shape index (κ1) is 75.5. The average Bonchev–Trinajstić information content (AvgIpc) is 1.60. The number of fused-ring (bicyclic) bond motifs is 12. The molecule has 582 valence electrons. The van der Waals surface area contributed by atoms with E-state index in [1.165, 1.54) is 117 Å². The summed E-state index contributed by atoms with van der Waals surface area (Å²) in [5, 5.41) is 26.6. The summed E-state index contributed by atoms with van der Waals surface area (Å²) in [6.45, 7) is 19.1. The Hall–Kier alpha value is -10.6. The zero-order valence-electron chi connectivity index (χ0n) is 66.1. The largest absolute Gasteiger partial charge is 0.384 e. The predicted molar refractivity (Wildman–Crippen MR) is 443 cm³/mol. The van der Waals surface area contributed by atoms with E-state index in [2.05, 4.69) is 169 Å². The van der Waals surface area contributed by atoms with Gasteiger partial charge in [-0.2, -0.15) is 15.0 Å². The topological polar surface area (TPSA) is 255 Å². The monoisotopic (exact) mass is 1510 g/mol. The highest BCUT2D eigenvalue weighted by Crippen LogP contribution is 2.43. The third-order valence-corrected chi connectivity index (χ3v) is 24.3. The summed E-state index contributed by atoms with van der Waals surface area (Å²) in [5.41, 5.74) is 12.9. The van der Waals surface area contributed by atoms with Gasteiger partial charge in [-0.25, -0.2) is 29.9 Å². The van der Waals surface area contributed by atoms with Crippen LogP contribution in [0.3, 0.4) is 0 Å². The van der Waals surface area contributed by atoms with Crippen molar-refractivity contribution in [3.05, 3.63) is 162 Å². The Balaban J connectivity index is 0.000000127. The first-order valence-electron chi connectivity index (χ1n) is 40.9. The highest BCUT2D eigenvalue weighted by atomic mass is 16.3. The van der Waals surface area contributed by atoms with E-state index in [9.17, 15) is 19.5 Å². The fourth-order valence-corrected chi connectivity index (χ4v) is 17.9. The number of anilines is 6. The number of carbonyl (C=O) groups excluding carboxylic acids is 3. The second kappa shape index (κ2) is 33.0. The molecule has 3 aliphatic carbocycles. The Morgan fingerprint density at radius 3 is 1.08 bits per heavy atom. The summed E-state index contributed by atoms with van der Waals surface area (Å²) >= 11 is 0. The molecule has 6 aliphatic rings. The number of hydrogen-bond acceptors (Lipinski definition) is 18. The van der Waals surface area contributed by atoms with Crippen LogP contribution in [0.25, 0.3) is 65.8 Å². The lowest BCUT2D eigenvalue weighted by Gasteiger charge is -2.30. The molecule has 3 saturated carbocycles. The molecular formula is C88H106N20O4. The van der Waals surface area contributed by atoms with Crippen LogP contribution in [0.2, 0.25) is 0 Å². The Labute approximate surface area is 654 Å². The second-order valence-electron chi connectivity index (χ2n) is 32.5. The van der Waals surface area contributed by atoms with E-state index < -0.39 is 6.10 Å². The van der Waals surface area contributed by atoms with Gasteiger partial charge >= 0.3 is 0 Å². The molecule has 24 nitrogen and oxygen atoms in total. The van der Waals surface area contributed by atoms with Gasteiger partial charge in [-0.3, -0.25) is 19.3 Å². The van der Waals surface area contributed by atoms with E-state index >= 15 is 0 Å². The molecule has 12 aromatic rings. The minimum absolute atomic E-state index is 0.155. The number of hydrogen-bond donors (Lipinski definition) is 4. The minimum Gasteiger partial charge on any atom is -0.384 e. The molecule has 4 N–H and O–H groups in total. The van der Waals surface area contributed by atoms with Crippen molar-refractivity contribution in [1.29, 1.82) is 0 Å². The van der Waals surface area contributed by atoms with Crippen LogP contribution in [0.4, 0.5) is 35.3 Å². The van der Waals surface area contributed by atoms with Gasteiger partial charge in [0.15, 0.2) is 0 Å². The molecule has 1 atom stereocenters. The SMILES string of the molecule is CC1CCC(n2c3ccccc3c3cnc(Nc4ccc5c(n4)CCN(C(=O)CN(C)C)C5)nc32)CC1.CC1CCC(n2c3ccccc3c3cnc(Nc4ccc5c(n4)CCN(C(=O)[C@@H](C)O)C5)nc32)CC1.CCN(CC)CC(=O)N1CCc2nc(Nc3ncc4c5ccccc5n(C5CCC(C)CC5)c4n3)ccc2C1. The maximum absolute atomic E-state index is 12.8. The summed E-state index contributed by atoms with van der Waals surface area (Å²) in [5.74, 6) is 6.31. The molecule has 3 fully saturated rings. The van der Waals surface area contributed by atoms with Crippen molar-refractivity contribution in [1.82, 2.24) is 83.1 Å². The number of nitrogens with one attached hydrogen (secondary N) is 3. The summed E-state index contributed by atoms with van der Waals surface area (Å²) < 4.78 is 7.33. The zero-order chi connectivity index (χ0) is 77.3. The quantitative estimate of drug-likeness (QED) is 0.0701. The molecular weight excluding hydrogens is 1400 g/mol. The molecule has 3 aromatic carbocycles. The van der Waals surface area contributed by atoms with Gasteiger partial charge in [0.2, 0.25) is 29.7 Å². The molecule has 112 heavy (non-hydrogen) atoms. The number of aliphatic hydroxyl groups excluding tert-OH is 1. The van der Waals surface area contributed by atoms with E-state index in [-0.39, 0.29) is 17.7 Å². The number of aliphatic hydroxyl groups is 1. The minimum atomic E-state index is -0.986. The van der Waals surface area contributed by atoms with E-state index in [1.54, 1.807) is 4.90 Å². The number of carbonyl (C=O) groups is 3. The van der Waals surface area contributed by atoms with Crippen LogP contribution in [0.1, 0.15) is 170 Å². The van der Waals surface area contributed by atoms with Crippen LogP contribution in [-0.2, 0) is 53.3 Å². The fourth-order valence-electron chi connectivity index (χ4n) is 17.9. The van der Waals surface area contributed by atoms with E-state index in [4.69, 9.17) is 29.9 Å². The second-order valence-corrected chi connectivity index (χ2v) is 32.5. The Morgan fingerprint density at radius 1 is 0.429 bits per heavy atom. The van der Waals surface area contributed by atoms with Crippen molar-refractivity contribution < 1.29 is 19.5 Å². The number of amides is 3. The molecule has 9 aromatic heterocycles. The average molecular weight is 1510 g/mol. The van der Waals surface area contributed by atoms with Gasteiger partial charge in [-0.05, 0) is 182 Å². The van der Waals surface area contributed by atoms with Gasteiger partial charge in [0.1, 0.15) is 40.5 Å². The molecule has 24 heteroatoms. The van der Waals surface area contributed by atoms with E-state index in [1.807, 2.05) is 71.7 Å². The van der Waals surface area contributed by atoms with Gasteiger partial charge in [0.25, 0.3) is 5.91 Å². The summed E-state index contributed by atoms with van der Waals surface area (Å²) in [6, 6.07) is 39.1. The number of pyridine rings is 3. The van der Waals surface area contributed by atoms with Gasteiger partial charge in [0.05, 0.1) is 29.6 Å². The number of rotatable bonds is 16. The maximum atomic E-state index is 12.8. The van der Waals surface area contributed by atoms with Crippen LogP contribution in [0.15, 0.2) is 128 Å². The molecule has 0 unspecified atom stereocenters. The molecule has 0 radical (unpaired) electrons. The number of nitrogens with zero attached hydrogens (tertiary/aromatic N) is 17. The number of para-hydroxylation sites is 3. The van der Waals surface area contributed by atoms with Crippen LogP contribution >= 0.6 is 0 Å². The normalized spacial score (nSPS) is 20.1. The van der Waals surface area contributed by atoms with Crippen molar-refractivity contribution in [2.45, 2.75) is 182 Å². The van der Waals surface area contributed by atoms with Crippen LogP contribution < -0.4 is 16.0 Å². The summed E-state index contributed by atoms with van der Waals surface area (Å²) in [4.78, 5) is 90.7. The van der Waals surface area contributed by atoms with Crippen LogP contribution in [-0.4, -0.2) is 172 Å². The van der Waals surface area contributed by atoms with Crippen molar-refractivity contribution in [3.8, 4) is 0 Å². The van der Waals surface area contributed by atoms with E-state index in [0.29, 0.717) is 101 Å². The first-order valence-corrected chi connectivity index (χ1v) is 40.9. The number of likely N-dealkylation sites (N-methyl/N-ethyl adjacent to an activating group) is 2. The predicted octanol–water partition coefficient (Wildman–Crippen LogP) is 15.4. The van der Waals surface area contributed by atoms with Crippen molar-refractivity contribution >= 4 is 119 Å². The summed E-state index contributed by atoms with van der Waals surface area (Å²) in [6.07, 6.45) is 21.6. The lowest BCUT2D eigenvalue weighted by molar-refractivity contribution is -0.140. The van der Waals surface area contributed by atoms with Crippen molar-refractivity contribution in [3.63, 3.8) is 0 Å². The maximum Gasteiger partial charge on any atom is 0.251 e. The fraction of sp³-hybridized carbons (Fsp3) is 0.455. The molecule has 18 rings (SSSR count). The first-order chi connectivity index (χ1) is 54.5. The standard InChI is InChI=1S/C31H39N7O.C29H35N7O.C28H32N6O2/c1-4-36(5-2)20-29(39)37-17-16-26-22(19-37)12-15-28(33-26)34-31-32-18-25-24-8-6-7-9-27(24)38(30(25)35-31)23-13-10-21(3)11-14-23;1-19-8-11-21(12-9-19)36-25-7-5-4-6-22(25)23-16-30-29(33-28(23)36)32-26-13-10-20-17-35(15-14-24(20)31-26)27(37)18-34(2)3;1-17-7-10-20(11-8-17)34-24-6-4-3-5-21(24)22-15-29-28(32-26(22)34)31-25-12-9-19-16-33(27(36)18(2)35)14-13-23(19)30-25/h6-9,12,15,18,21,23H,4-5,10-11,13-14,16-17,19-20H2,1-3H3,(H,32,33,34,35);4-7,10,13,16,19,21H,8-9,11-12,14-15,17-18H2,1-3H3,(H,30,31,32,33);3-6,9,12,15,17-18,20,35H,7-8,10-11,13-14,16H2,1-2H3,(H,29,30,31,32)/t;;17?,18-,20?/m..1/s1. The molecule has 3 amide bonds. The lowest BCUT2D eigenvalue weighted by Crippen LogP contribution is -2.42. The zero-order valence-corrected chi connectivity index (χ0v) is 66.1. The van der Waals surface area contributed by atoms with Crippen LogP contribution in [0.5, 0.6) is 0 Å². The van der Waals surface area contributed by atoms with Crippen molar-refractivity contribution in [2.24, 2.45) is 17.8 Å².